The van der Waals surface area contributed by atoms with Crippen LogP contribution in [-0.4, -0.2) is 16.3 Å². The Kier molecular flexibility index (Phi) is 3.43. The summed E-state index contributed by atoms with van der Waals surface area (Å²) in [5.41, 5.74) is -0.305. The molecular weight excluding hydrogens is 248 g/mol. The molecule has 1 aromatic rings. The number of benzene rings is 1. The summed E-state index contributed by atoms with van der Waals surface area (Å²) in [6, 6.07) is 11.8. The first-order valence-corrected chi connectivity index (χ1v) is 6.79. The van der Waals surface area contributed by atoms with Gasteiger partial charge in [-0.2, -0.15) is 5.26 Å². The Labute approximate surface area is 120 Å². The molecular formula is C17H20N2O. The number of hydrogen-bond donors (Lipinski definition) is 0. The van der Waals surface area contributed by atoms with E-state index in [0.717, 1.165) is 5.56 Å². The fourth-order valence-electron chi connectivity index (χ4n) is 2.95. The highest BCUT2D eigenvalue weighted by Gasteiger charge is 2.63. The minimum atomic E-state index is -1.00. The molecule has 2 atom stereocenters. The normalized spacial score (nSPS) is 25.8. The van der Waals surface area contributed by atoms with E-state index in [1.807, 2.05) is 56.0 Å². The molecule has 1 saturated heterocycles. The molecule has 0 N–H and O–H groups in total. The molecule has 3 nitrogen and oxygen atoms in total. The van der Waals surface area contributed by atoms with Crippen LogP contribution in [0.3, 0.4) is 0 Å². The lowest BCUT2D eigenvalue weighted by atomic mass is 9.65. The maximum absolute atomic E-state index is 12.6. The third-order valence-electron chi connectivity index (χ3n) is 3.83. The Morgan fingerprint density at radius 2 is 2.00 bits per heavy atom. The van der Waals surface area contributed by atoms with E-state index in [0.29, 0.717) is 6.42 Å². The number of rotatable bonds is 3. The van der Waals surface area contributed by atoms with Gasteiger partial charge in [0, 0.05) is 5.54 Å². The zero-order valence-corrected chi connectivity index (χ0v) is 12.3. The van der Waals surface area contributed by atoms with Crippen LogP contribution in [0.25, 0.3) is 0 Å². The van der Waals surface area contributed by atoms with Gasteiger partial charge in [0.25, 0.3) is 0 Å². The van der Waals surface area contributed by atoms with Gasteiger partial charge in [0.05, 0.1) is 12.1 Å². The lowest BCUT2D eigenvalue weighted by Gasteiger charge is -2.58. The predicted octanol–water partition coefficient (Wildman–Crippen LogP) is 3.45. The maximum Gasteiger partial charge on any atom is 0.246 e. The molecule has 0 aromatic heterocycles. The van der Waals surface area contributed by atoms with Crippen LogP contribution in [0, 0.1) is 16.7 Å². The average molecular weight is 268 g/mol. The summed E-state index contributed by atoms with van der Waals surface area (Å²) in [7, 11) is 0. The maximum atomic E-state index is 12.6. The lowest BCUT2D eigenvalue weighted by molar-refractivity contribution is -0.176. The highest BCUT2D eigenvalue weighted by molar-refractivity contribution is 5.94. The van der Waals surface area contributed by atoms with Crippen molar-refractivity contribution in [1.82, 2.24) is 4.90 Å². The van der Waals surface area contributed by atoms with Gasteiger partial charge in [-0.1, -0.05) is 36.4 Å². The Morgan fingerprint density at radius 1 is 1.40 bits per heavy atom. The standard InChI is InChI=1S/C17H20N2O/c1-5-11-17(12-18)14(13-9-7-6-8-10-13)19(15(17)20)16(2,3)4/h5-10,14H,1,11H2,2-4H3/t14-,17+/m0/s1. The van der Waals surface area contributed by atoms with Crippen LogP contribution in [-0.2, 0) is 4.79 Å². The molecule has 0 bridgehead atoms. The number of carbonyl (C=O) groups excluding carboxylic acids is 1. The van der Waals surface area contributed by atoms with E-state index in [1.165, 1.54) is 0 Å². The van der Waals surface area contributed by atoms with Gasteiger partial charge in [-0.25, -0.2) is 0 Å². The average Bonchev–Trinajstić information content (AvgIpc) is 2.41. The largest absolute Gasteiger partial charge is 0.327 e. The number of β-lactam (4-membered cyclic amide) rings is 1. The zero-order valence-electron chi connectivity index (χ0n) is 12.3. The van der Waals surface area contributed by atoms with Gasteiger partial charge in [-0.05, 0) is 32.8 Å². The summed E-state index contributed by atoms with van der Waals surface area (Å²) >= 11 is 0. The van der Waals surface area contributed by atoms with Crippen LogP contribution in [0.15, 0.2) is 43.0 Å². The first-order valence-electron chi connectivity index (χ1n) is 6.79. The molecule has 20 heavy (non-hydrogen) atoms. The van der Waals surface area contributed by atoms with E-state index in [1.54, 1.807) is 6.08 Å². The molecule has 104 valence electrons. The molecule has 1 aliphatic rings. The first-order chi connectivity index (χ1) is 9.38. The third kappa shape index (κ3) is 1.92. The number of allylic oxidation sites excluding steroid dienone is 1. The number of nitriles is 1. The van der Waals surface area contributed by atoms with Crippen LogP contribution in [0.1, 0.15) is 38.8 Å². The van der Waals surface area contributed by atoms with Crippen molar-refractivity contribution in [2.75, 3.05) is 0 Å². The highest BCUT2D eigenvalue weighted by Crippen LogP contribution is 2.54. The van der Waals surface area contributed by atoms with Gasteiger partial charge < -0.3 is 4.90 Å². The summed E-state index contributed by atoms with van der Waals surface area (Å²) in [4.78, 5) is 14.4. The highest BCUT2D eigenvalue weighted by atomic mass is 16.2. The van der Waals surface area contributed by atoms with Crippen LogP contribution in [0.2, 0.25) is 0 Å². The summed E-state index contributed by atoms with van der Waals surface area (Å²) in [6.07, 6.45) is 2.05. The second-order valence-corrected chi connectivity index (χ2v) is 6.24. The van der Waals surface area contributed by atoms with E-state index in [-0.39, 0.29) is 17.5 Å². The SMILES string of the molecule is C=CC[C@]1(C#N)C(=O)N(C(C)(C)C)[C@H]1c1ccccc1. The predicted molar refractivity (Wildman–Crippen MR) is 78.6 cm³/mol. The molecule has 0 unspecified atom stereocenters. The molecule has 0 radical (unpaired) electrons. The van der Waals surface area contributed by atoms with Crippen molar-refractivity contribution >= 4 is 5.91 Å². The van der Waals surface area contributed by atoms with E-state index in [2.05, 4.69) is 12.6 Å². The Hall–Kier alpha value is -2.08. The van der Waals surface area contributed by atoms with Crippen molar-refractivity contribution in [3.8, 4) is 6.07 Å². The molecule has 1 aromatic carbocycles. The fourth-order valence-corrected chi connectivity index (χ4v) is 2.95. The summed E-state index contributed by atoms with van der Waals surface area (Å²) in [5, 5.41) is 9.61. The smallest absolute Gasteiger partial charge is 0.246 e. The molecule has 1 aliphatic heterocycles. The summed E-state index contributed by atoms with van der Waals surface area (Å²) in [6.45, 7) is 9.69. The molecule has 2 rings (SSSR count). The number of likely N-dealkylation sites (tertiary alicyclic amines) is 1. The molecule has 1 heterocycles. The number of carbonyl (C=O) groups is 1. The quantitative estimate of drug-likeness (QED) is 0.622. The van der Waals surface area contributed by atoms with Crippen molar-refractivity contribution in [3.05, 3.63) is 48.6 Å². The third-order valence-corrected chi connectivity index (χ3v) is 3.83. The topological polar surface area (TPSA) is 44.1 Å². The van der Waals surface area contributed by atoms with E-state index >= 15 is 0 Å². The Bertz CT molecular complexity index is 565. The van der Waals surface area contributed by atoms with Crippen LogP contribution >= 0.6 is 0 Å². The van der Waals surface area contributed by atoms with Crippen LogP contribution in [0.5, 0.6) is 0 Å². The number of amides is 1. The molecule has 1 amide bonds. The van der Waals surface area contributed by atoms with E-state index < -0.39 is 5.41 Å². The zero-order chi connectivity index (χ0) is 15.0. The molecule has 3 heteroatoms. The van der Waals surface area contributed by atoms with Crippen LogP contribution < -0.4 is 0 Å². The molecule has 0 aliphatic carbocycles. The van der Waals surface area contributed by atoms with E-state index in [9.17, 15) is 10.1 Å². The van der Waals surface area contributed by atoms with Gasteiger partial charge in [-0.15, -0.1) is 6.58 Å². The van der Waals surface area contributed by atoms with Crippen molar-refractivity contribution < 1.29 is 4.79 Å². The van der Waals surface area contributed by atoms with Crippen LogP contribution in [0.4, 0.5) is 0 Å². The second-order valence-electron chi connectivity index (χ2n) is 6.24. The molecule has 0 spiro atoms. The minimum Gasteiger partial charge on any atom is -0.327 e. The van der Waals surface area contributed by atoms with Crippen molar-refractivity contribution in [2.24, 2.45) is 5.41 Å². The minimum absolute atomic E-state index is 0.0961. The van der Waals surface area contributed by atoms with Crippen molar-refractivity contribution in [3.63, 3.8) is 0 Å². The molecule has 1 fully saturated rings. The Morgan fingerprint density at radius 3 is 2.45 bits per heavy atom. The van der Waals surface area contributed by atoms with Gasteiger partial charge in [0.1, 0.15) is 0 Å². The van der Waals surface area contributed by atoms with Gasteiger partial charge in [0.2, 0.25) is 5.91 Å². The van der Waals surface area contributed by atoms with Crippen molar-refractivity contribution in [2.45, 2.75) is 38.8 Å². The van der Waals surface area contributed by atoms with Gasteiger partial charge in [0.15, 0.2) is 5.41 Å². The lowest BCUT2D eigenvalue weighted by Crippen LogP contribution is -2.68. The summed E-state index contributed by atoms with van der Waals surface area (Å²) < 4.78 is 0. The summed E-state index contributed by atoms with van der Waals surface area (Å²) in [5.74, 6) is -0.0961. The van der Waals surface area contributed by atoms with Gasteiger partial charge >= 0.3 is 0 Å². The monoisotopic (exact) mass is 268 g/mol. The fraction of sp³-hybridized carbons (Fsp3) is 0.412. The number of hydrogen-bond acceptors (Lipinski definition) is 2. The number of nitrogens with zero attached hydrogens (tertiary/aromatic N) is 2. The van der Waals surface area contributed by atoms with E-state index in [4.69, 9.17) is 0 Å². The molecule has 0 saturated carbocycles. The Balaban J connectivity index is 2.53. The first kappa shape index (κ1) is 14.3. The van der Waals surface area contributed by atoms with Gasteiger partial charge in [-0.3, -0.25) is 4.79 Å². The second kappa shape index (κ2) is 4.79. The van der Waals surface area contributed by atoms with Crippen molar-refractivity contribution in [1.29, 1.82) is 5.26 Å².